The third-order valence-electron chi connectivity index (χ3n) is 2.25. The van der Waals surface area contributed by atoms with Gasteiger partial charge in [-0.15, -0.1) is 0 Å². The van der Waals surface area contributed by atoms with Crippen LogP contribution in [0.4, 0.5) is 24.7 Å². The Bertz CT molecular complexity index is 527. The molecule has 7 nitrogen and oxygen atoms in total. The molecule has 1 aromatic heterocycles. The molecule has 0 spiro atoms. The van der Waals surface area contributed by atoms with Crippen molar-refractivity contribution in [3.05, 3.63) is 16.7 Å². The topological polar surface area (TPSA) is 121 Å². The van der Waals surface area contributed by atoms with Crippen molar-refractivity contribution in [3.8, 4) is 0 Å². The number of aliphatic carboxylic acids is 1. The quantitative estimate of drug-likeness (QED) is 0.618. The van der Waals surface area contributed by atoms with Gasteiger partial charge in [0.15, 0.2) is 5.82 Å². The minimum absolute atomic E-state index is 0.400. The van der Waals surface area contributed by atoms with Crippen molar-refractivity contribution in [3.63, 3.8) is 0 Å². The molecule has 0 saturated carbocycles. The number of nitrogens with one attached hydrogen (secondary N) is 2. The zero-order valence-electron chi connectivity index (χ0n) is 9.00. The number of nitrogens with zero attached hydrogens (tertiary/aromatic N) is 1. The third kappa shape index (κ3) is 2.21. The minimum Gasteiger partial charge on any atom is -0.479 e. The average Bonchev–Trinajstić information content (AvgIpc) is 2.22. The number of H-pyrrole nitrogens is 1. The molecule has 1 aromatic rings. The van der Waals surface area contributed by atoms with Crippen LogP contribution in [0, 0.1) is 0 Å². The molecule has 0 aromatic carbocycles. The van der Waals surface area contributed by atoms with Crippen LogP contribution in [0.25, 0.3) is 0 Å². The third-order valence-corrected chi connectivity index (χ3v) is 2.25. The van der Waals surface area contributed by atoms with Crippen LogP contribution in [0.1, 0.15) is 6.92 Å². The first-order chi connectivity index (χ1) is 8.09. The zero-order valence-corrected chi connectivity index (χ0v) is 9.00. The molecule has 0 aliphatic rings. The Morgan fingerprint density at radius 3 is 2.56 bits per heavy atom. The van der Waals surface area contributed by atoms with E-state index in [1.807, 2.05) is 4.98 Å². The molecule has 0 amide bonds. The number of anilines is 2. The van der Waals surface area contributed by atoms with E-state index in [0.29, 0.717) is 6.92 Å². The highest BCUT2D eigenvalue weighted by Crippen LogP contribution is 2.33. The number of nitrogens with two attached hydrogens (primary N) is 1. The Hall–Kier alpha value is -2.26. The van der Waals surface area contributed by atoms with Crippen LogP contribution in [-0.2, 0) is 4.79 Å². The fourth-order valence-corrected chi connectivity index (χ4v) is 0.992. The molecule has 100 valence electrons. The smallest absolute Gasteiger partial charge is 0.422 e. The van der Waals surface area contributed by atoms with Gasteiger partial charge in [-0.2, -0.15) is 13.2 Å². The molecule has 1 atom stereocenters. The average molecular weight is 266 g/mol. The number of hydrogen-bond acceptors (Lipinski definition) is 5. The summed E-state index contributed by atoms with van der Waals surface area (Å²) in [6.45, 7) is 0.400. The number of hydrogen-bond donors (Lipinski definition) is 4. The van der Waals surface area contributed by atoms with Crippen LogP contribution >= 0.6 is 0 Å². The largest absolute Gasteiger partial charge is 0.479 e. The van der Waals surface area contributed by atoms with Gasteiger partial charge in [-0.3, -0.25) is 4.79 Å². The molecule has 18 heavy (non-hydrogen) atoms. The van der Waals surface area contributed by atoms with E-state index in [-0.39, 0.29) is 0 Å². The van der Waals surface area contributed by atoms with Crippen LogP contribution in [0.2, 0.25) is 0 Å². The normalized spacial score (nSPS) is 14.9. The number of aromatic amines is 1. The number of carboxylic acid groups (broad SMARTS) is 1. The minimum atomic E-state index is -5.10. The summed E-state index contributed by atoms with van der Waals surface area (Å²) in [4.78, 5) is 27.2. The van der Waals surface area contributed by atoms with Crippen molar-refractivity contribution in [1.29, 1.82) is 0 Å². The molecule has 0 fully saturated rings. The molecule has 0 bridgehead atoms. The fraction of sp³-hybridized carbons (Fsp3) is 0.375. The Labute approximate surface area is 97.8 Å². The molecule has 1 rings (SSSR count). The zero-order chi connectivity index (χ0) is 14.1. The summed E-state index contributed by atoms with van der Waals surface area (Å²) >= 11 is 0. The van der Waals surface area contributed by atoms with Crippen molar-refractivity contribution in [2.75, 3.05) is 11.1 Å². The van der Waals surface area contributed by atoms with Crippen LogP contribution in [0.5, 0.6) is 0 Å². The van der Waals surface area contributed by atoms with E-state index < -0.39 is 34.7 Å². The molecule has 10 heteroatoms. The number of carbonyl (C=O) groups is 1. The van der Waals surface area contributed by atoms with E-state index in [1.54, 1.807) is 5.32 Å². The van der Waals surface area contributed by atoms with Crippen LogP contribution in [0.15, 0.2) is 11.1 Å². The summed E-state index contributed by atoms with van der Waals surface area (Å²) in [7, 11) is 0. The van der Waals surface area contributed by atoms with Crippen LogP contribution in [0.3, 0.4) is 0 Å². The second-order valence-corrected chi connectivity index (χ2v) is 3.55. The lowest BCUT2D eigenvalue weighted by atomic mass is 10.0. The van der Waals surface area contributed by atoms with Crippen molar-refractivity contribution in [1.82, 2.24) is 9.97 Å². The summed E-state index contributed by atoms with van der Waals surface area (Å²) in [5.41, 5.74) is 0.397. The summed E-state index contributed by atoms with van der Waals surface area (Å²) in [5.74, 6) is -2.82. The van der Waals surface area contributed by atoms with Gasteiger partial charge in [-0.05, 0) is 6.92 Å². The number of aromatic nitrogens is 2. The Kier molecular flexibility index (Phi) is 3.22. The maximum atomic E-state index is 12.7. The molecular weight excluding hydrogens is 257 g/mol. The second kappa shape index (κ2) is 4.20. The first-order valence-corrected chi connectivity index (χ1v) is 4.51. The van der Waals surface area contributed by atoms with E-state index in [2.05, 4.69) is 4.98 Å². The van der Waals surface area contributed by atoms with Crippen LogP contribution < -0.4 is 16.6 Å². The van der Waals surface area contributed by atoms with Crippen LogP contribution in [-0.4, -0.2) is 32.8 Å². The predicted octanol–water partition coefficient (Wildman–Crippen LogP) is 0.170. The van der Waals surface area contributed by atoms with Crippen molar-refractivity contribution in [2.24, 2.45) is 0 Å². The second-order valence-electron chi connectivity index (χ2n) is 3.55. The van der Waals surface area contributed by atoms with Gasteiger partial charge in [0.25, 0.3) is 5.56 Å². The summed E-state index contributed by atoms with van der Waals surface area (Å²) in [6, 6.07) is 0. The highest BCUT2D eigenvalue weighted by molar-refractivity contribution is 5.84. The number of rotatable bonds is 3. The summed E-state index contributed by atoms with van der Waals surface area (Å²) in [6.07, 6.45) is -4.30. The first kappa shape index (κ1) is 13.8. The number of halogens is 3. The van der Waals surface area contributed by atoms with Gasteiger partial charge < -0.3 is 21.1 Å². The lowest BCUT2D eigenvalue weighted by Gasteiger charge is -2.29. The molecule has 1 unspecified atom stereocenters. The first-order valence-electron chi connectivity index (χ1n) is 4.51. The molecule has 5 N–H and O–H groups in total. The Morgan fingerprint density at radius 1 is 1.56 bits per heavy atom. The van der Waals surface area contributed by atoms with Gasteiger partial charge in [-0.1, -0.05) is 0 Å². The fourth-order valence-electron chi connectivity index (χ4n) is 0.992. The van der Waals surface area contributed by atoms with Gasteiger partial charge in [0.05, 0.1) is 6.33 Å². The molecule has 0 saturated heterocycles. The molecule has 0 radical (unpaired) electrons. The van der Waals surface area contributed by atoms with Gasteiger partial charge >= 0.3 is 12.1 Å². The lowest BCUT2D eigenvalue weighted by Crippen LogP contribution is -2.56. The van der Waals surface area contributed by atoms with Crippen molar-refractivity contribution < 1.29 is 23.1 Å². The van der Waals surface area contributed by atoms with E-state index >= 15 is 0 Å². The molecule has 1 heterocycles. The van der Waals surface area contributed by atoms with Crippen molar-refractivity contribution in [2.45, 2.75) is 18.6 Å². The summed E-state index contributed by atoms with van der Waals surface area (Å²) < 4.78 is 38.0. The summed E-state index contributed by atoms with van der Waals surface area (Å²) in [5, 5.41) is 10.3. The number of nitrogen functional groups attached to an aromatic ring is 1. The highest BCUT2D eigenvalue weighted by Gasteiger charge is 2.58. The van der Waals surface area contributed by atoms with Gasteiger partial charge in [0, 0.05) is 0 Å². The van der Waals surface area contributed by atoms with E-state index in [4.69, 9.17) is 10.8 Å². The maximum absolute atomic E-state index is 12.7. The Morgan fingerprint density at radius 2 is 2.11 bits per heavy atom. The van der Waals surface area contributed by atoms with E-state index in [1.165, 1.54) is 0 Å². The monoisotopic (exact) mass is 266 g/mol. The predicted molar refractivity (Wildman–Crippen MR) is 55.0 cm³/mol. The SMILES string of the molecule is CC(Nc1nc[nH]c(=O)c1N)(C(=O)O)C(F)(F)F. The number of carboxylic acids is 1. The Balaban J connectivity index is 3.25. The molecular formula is C8H9F3N4O3. The lowest BCUT2D eigenvalue weighted by molar-refractivity contribution is -0.192. The van der Waals surface area contributed by atoms with E-state index in [9.17, 15) is 22.8 Å². The van der Waals surface area contributed by atoms with Gasteiger partial charge in [0.1, 0.15) is 5.69 Å². The number of alkyl halides is 3. The molecule has 0 aliphatic carbocycles. The maximum Gasteiger partial charge on any atom is 0.422 e. The standard InChI is InChI=1S/C8H9F3N4O3/c1-7(6(17)18,8(9,10)11)15-4-3(12)5(16)14-2-13-4/h2H,12H2,1H3,(H,17,18)(H2,13,14,15,16). The van der Waals surface area contributed by atoms with Gasteiger partial charge in [0.2, 0.25) is 5.54 Å². The highest BCUT2D eigenvalue weighted by atomic mass is 19.4. The van der Waals surface area contributed by atoms with Gasteiger partial charge in [-0.25, -0.2) is 9.78 Å². The molecule has 0 aliphatic heterocycles. The van der Waals surface area contributed by atoms with Crippen molar-refractivity contribution >= 4 is 17.5 Å². The van der Waals surface area contributed by atoms with E-state index in [0.717, 1.165) is 6.33 Å².